The van der Waals surface area contributed by atoms with Gasteiger partial charge in [-0.15, -0.1) is 0 Å². The molecule has 0 fully saturated rings. The maximum absolute atomic E-state index is 13.8. The first-order chi connectivity index (χ1) is 16.8. The van der Waals surface area contributed by atoms with Crippen molar-refractivity contribution >= 4 is 22.6 Å². The van der Waals surface area contributed by atoms with E-state index in [9.17, 15) is 4.79 Å². The van der Waals surface area contributed by atoms with Gasteiger partial charge < -0.3 is 0 Å². The molecule has 34 heavy (non-hydrogen) atoms. The van der Waals surface area contributed by atoms with Gasteiger partial charge in [0.2, 0.25) is 5.78 Å². The van der Waals surface area contributed by atoms with Crippen LogP contribution in [0, 0.1) is 0 Å². The molecule has 5 aromatic rings. The monoisotopic (exact) mass is 437 g/mol. The summed E-state index contributed by atoms with van der Waals surface area (Å²) in [6.45, 7) is 0. The molecule has 4 aromatic carbocycles. The highest BCUT2D eigenvalue weighted by atomic mass is 16.1. The predicted octanol–water partition coefficient (Wildman–Crippen LogP) is 7.78. The minimum atomic E-state index is 0.0316. The van der Waals surface area contributed by atoms with Crippen molar-refractivity contribution in [3.63, 3.8) is 0 Å². The van der Waals surface area contributed by atoms with E-state index in [1.165, 1.54) is 5.39 Å². The highest BCUT2D eigenvalue weighted by Gasteiger charge is 2.27. The van der Waals surface area contributed by atoms with E-state index in [1.807, 2.05) is 60.7 Å². The number of hydrogen-bond donors (Lipinski definition) is 0. The van der Waals surface area contributed by atoms with Crippen LogP contribution in [0.25, 0.3) is 39.2 Å². The van der Waals surface area contributed by atoms with Crippen LogP contribution in [0.3, 0.4) is 0 Å². The first-order valence-corrected chi connectivity index (χ1v) is 11.7. The summed E-state index contributed by atoms with van der Waals surface area (Å²) in [5.74, 6) is 0.0316. The molecule has 0 amide bonds. The predicted molar refractivity (Wildman–Crippen MR) is 140 cm³/mol. The van der Waals surface area contributed by atoms with Gasteiger partial charge >= 0.3 is 0 Å². The number of fused-ring (bicyclic) bond motifs is 2. The molecule has 1 aliphatic carbocycles. The normalized spacial score (nSPS) is 14.4. The molecule has 0 bridgehead atoms. The smallest absolute Gasteiger partial charge is 0.207 e. The van der Waals surface area contributed by atoms with E-state index in [2.05, 4.69) is 54.6 Å². The van der Waals surface area contributed by atoms with E-state index in [4.69, 9.17) is 4.98 Å². The third-order valence-corrected chi connectivity index (χ3v) is 6.58. The van der Waals surface area contributed by atoms with Gasteiger partial charge in [-0.3, -0.25) is 4.79 Å². The number of nitrogens with zero attached hydrogens (tertiary/aromatic N) is 1. The van der Waals surface area contributed by atoms with Gasteiger partial charge in [0, 0.05) is 11.1 Å². The summed E-state index contributed by atoms with van der Waals surface area (Å²) in [6.07, 6.45) is 3.57. The van der Waals surface area contributed by atoms with Gasteiger partial charge in [-0.1, -0.05) is 103 Å². The molecule has 0 aliphatic heterocycles. The largest absolute Gasteiger partial charge is 0.287 e. The second-order valence-electron chi connectivity index (χ2n) is 8.68. The van der Waals surface area contributed by atoms with Crippen molar-refractivity contribution in [1.82, 2.24) is 4.98 Å². The zero-order valence-electron chi connectivity index (χ0n) is 18.7. The van der Waals surface area contributed by atoms with E-state index in [-0.39, 0.29) is 5.78 Å². The fourth-order valence-electron chi connectivity index (χ4n) is 4.87. The van der Waals surface area contributed by atoms with Gasteiger partial charge in [-0.2, -0.15) is 0 Å². The van der Waals surface area contributed by atoms with Crippen LogP contribution in [0.2, 0.25) is 0 Å². The molecule has 0 saturated carbocycles. The van der Waals surface area contributed by atoms with E-state index < -0.39 is 0 Å². The Labute approximate surface area is 199 Å². The summed E-state index contributed by atoms with van der Waals surface area (Å²) >= 11 is 0. The molecule has 2 nitrogen and oxygen atoms in total. The van der Waals surface area contributed by atoms with Crippen LogP contribution in [-0.2, 0) is 6.42 Å². The minimum absolute atomic E-state index is 0.0316. The maximum atomic E-state index is 13.8. The lowest BCUT2D eigenvalue weighted by molar-refractivity contribution is 0.102. The van der Waals surface area contributed by atoms with Crippen LogP contribution in [0.5, 0.6) is 0 Å². The van der Waals surface area contributed by atoms with Crippen LogP contribution in [0.4, 0.5) is 0 Å². The van der Waals surface area contributed by atoms with Gasteiger partial charge in [-0.25, -0.2) is 4.98 Å². The summed E-state index contributed by atoms with van der Waals surface area (Å²) < 4.78 is 0. The molecule has 6 rings (SSSR count). The van der Waals surface area contributed by atoms with Gasteiger partial charge in [0.1, 0.15) is 5.69 Å². The Hall–Kier alpha value is -4.30. The SMILES string of the molecule is O=C1C(=Cc2cccc3ccccc23)CCc2c(-c3ccccc3)cc(-c3ccccc3)nc21. The van der Waals surface area contributed by atoms with Gasteiger partial charge in [0.05, 0.1) is 5.69 Å². The Kier molecular flexibility index (Phi) is 5.12. The Bertz CT molecular complexity index is 1540. The third kappa shape index (κ3) is 3.64. The maximum Gasteiger partial charge on any atom is 0.207 e. The third-order valence-electron chi connectivity index (χ3n) is 6.58. The van der Waals surface area contributed by atoms with Crippen LogP contribution in [-0.4, -0.2) is 10.8 Å². The van der Waals surface area contributed by atoms with Crippen molar-refractivity contribution < 1.29 is 4.79 Å². The average Bonchev–Trinajstić information content (AvgIpc) is 2.91. The Morgan fingerprint density at radius 2 is 1.35 bits per heavy atom. The van der Waals surface area contributed by atoms with E-state index in [1.54, 1.807) is 0 Å². The van der Waals surface area contributed by atoms with Crippen molar-refractivity contribution in [3.05, 3.63) is 132 Å². The molecule has 0 spiro atoms. The molecule has 0 atom stereocenters. The van der Waals surface area contributed by atoms with Crippen LogP contribution in [0.15, 0.2) is 115 Å². The minimum Gasteiger partial charge on any atom is -0.287 e. The zero-order valence-corrected chi connectivity index (χ0v) is 18.7. The van der Waals surface area contributed by atoms with E-state index >= 15 is 0 Å². The number of benzene rings is 4. The lowest BCUT2D eigenvalue weighted by Gasteiger charge is -2.22. The molecule has 0 radical (unpaired) electrons. The quantitative estimate of drug-likeness (QED) is 0.270. The molecule has 0 unspecified atom stereocenters. The fraction of sp³-hybridized carbons (Fsp3) is 0.0625. The topological polar surface area (TPSA) is 30.0 Å². The molecule has 1 heterocycles. The molecule has 1 aromatic heterocycles. The highest BCUT2D eigenvalue weighted by Crippen LogP contribution is 2.36. The number of aromatic nitrogens is 1. The van der Waals surface area contributed by atoms with Crippen molar-refractivity contribution in [2.24, 2.45) is 0 Å². The molecule has 0 N–H and O–H groups in total. The lowest BCUT2D eigenvalue weighted by Crippen LogP contribution is -2.18. The Morgan fingerprint density at radius 3 is 2.15 bits per heavy atom. The second-order valence-corrected chi connectivity index (χ2v) is 8.68. The summed E-state index contributed by atoms with van der Waals surface area (Å²) in [5.41, 5.74) is 7.59. The molecule has 162 valence electrons. The van der Waals surface area contributed by atoms with Gasteiger partial charge in [-0.05, 0) is 58.0 Å². The Morgan fingerprint density at radius 1 is 0.676 bits per heavy atom. The first-order valence-electron chi connectivity index (χ1n) is 11.7. The first kappa shape index (κ1) is 20.3. The average molecular weight is 438 g/mol. The number of hydrogen-bond acceptors (Lipinski definition) is 2. The molecule has 0 saturated heterocycles. The van der Waals surface area contributed by atoms with Crippen molar-refractivity contribution in [3.8, 4) is 22.4 Å². The number of carbonyl (C=O) groups excluding carboxylic acids is 1. The Balaban J connectivity index is 1.51. The lowest BCUT2D eigenvalue weighted by atomic mass is 9.84. The zero-order chi connectivity index (χ0) is 22.9. The summed E-state index contributed by atoms with van der Waals surface area (Å²) in [6, 6.07) is 37.1. The number of allylic oxidation sites excluding steroid dienone is 1. The van der Waals surface area contributed by atoms with Crippen LogP contribution < -0.4 is 0 Å². The van der Waals surface area contributed by atoms with Crippen LogP contribution >= 0.6 is 0 Å². The van der Waals surface area contributed by atoms with Crippen molar-refractivity contribution in [2.45, 2.75) is 12.8 Å². The molecular weight excluding hydrogens is 414 g/mol. The van der Waals surface area contributed by atoms with Gasteiger partial charge in [0.25, 0.3) is 0 Å². The number of carbonyl (C=O) groups is 1. The number of rotatable bonds is 3. The second kappa shape index (κ2) is 8.57. The van der Waals surface area contributed by atoms with Crippen molar-refractivity contribution in [2.75, 3.05) is 0 Å². The van der Waals surface area contributed by atoms with E-state index in [0.29, 0.717) is 12.1 Å². The number of Topliss-reactive ketones (excluding diaryl/α,β-unsaturated/α-hetero) is 1. The summed E-state index contributed by atoms with van der Waals surface area (Å²) in [7, 11) is 0. The van der Waals surface area contributed by atoms with Crippen molar-refractivity contribution in [1.29, 1.82) is 0 Å². The fourth-order valence-corrected chi connectivity index (χ4v) is 4.87. The summed E-state index contributed by atoms with van der Waals surface area (Å²) in [5, 5.41) is 2.34. The molecule has 1 aliphatic rings. The van der Waals surface area contributed by atoms with Gasteiger partial charge in [0.15, 0.2) is 0 Å². The number of pyridine rings is 1. The molecule has 2 heteroatoms. The summed E-state index contributed by atoms with van der Waals surface area (Å²) in [4.78, 5) is 18.7. The standard InChI is InChI=1S/C32H23NO/c34-32-26(20-25-16-9-15-22-12-7-8-17-27(22)25)18-19-28-29(23-10-3-1-4-11-23)21-30(33-31(28)32)24-13-5-2-6-14-24/h1-17,20-21H,18-19H2. The van der Waals surface area contributed by atoms with E-state index in [0.717, 1.165) is 50.9 Å². The molecular formula is C32H23NO. The van der Waals surface area contributed by atoms with Crippen LogP contribution in [0.1, 0.15) is 28.0 Å². The number of ketones is 1. The highest BCUT2D eigenvalue weighted by molar-refractivity contribution is 6.14.